The van der Waals surface area contributed by atoms with Crippen LogP contribution < -0.4 is 10.1 Å². The maximum Gasteiger partial charge on any atom is 0.235 e. The predicted molar refractivity (Wildman–Crippen MR) is 143 cm³/mol. The minimum Gasteiger partial charge on any atom is -0.483 e. The highest BCUT2D eigenvalue weighted by atomic mass is 79.9. The fourth-order valence-electron chi connectivity index (χ4n) is 4.03. The van der Waals surface area contributed by atoms with Gasteiger partial charge < -0.3 is 10.1 Å². The molecule has 4 rings (SSSR count). The number of anilines is 1. The average Bonchev–Trinajstić information content (AvgIpc) is 3.39. The number of nitrogens with zero attached hydrogens (tertiary/aromatic N) is 4. The van der Waals surface area contributed by atoms with Crippen LogP contribution in [0.3, 0.4) is 0 Å². The summed E-state index contributed by atoms with van der Waals surface area (Å²) in [6.07, 6.45) is 4.36. The summed E-state index contributed by atoms with van der Waals surface area (Å²) in [5.74, 6) is 1.96. The number of carbonyl (C=O) groups is 1. The molecule has 1 aromatic carbocycles. The van der Waals surface area contributed by atoms with E-state index < -0.39 is 0 Å². The Kier molecular flexibility index (Phi) is 8.31. The molecule has 0 bridgehead atoms. The van der Waals surface area contributed by atoms with Crippen LogP contribution >= 0.6 is 39.0 Å². The number of fused-ring (bicyclic) bond motifs is 1. The zero-order chi connectivity index (χ0) is 24.9. The number of nitrogens with one attached hydrogen (secondary N) is 1. The lowest BCUT2D eigenvalue weighted by Gasteiger charge is -2.17. The number of ether oxygens (including phenoxy) is 1. The number of hydrogen-bond donors (Lipinski definition) is 1. The first-order chi connectivity index (χ1) is 16.9. The Balaban J connectivity index is 1.43. The van der Waals surface area contributed by atoms with E-state index in [2.05, 4.69) is 51.0 Å². The highest BCUT2D eigenvalue weighted by Gasteiger charge is 2.25. The van der Waals surface area contributed by atoms with Gasteiger partial charge >= 0.3 is 0 Å². The highest BCUT2D eigenvalue weighted by molar-refractivity contribution is 9.10. The summed E-state index contributed by atoms with van der Waals surface area (Å²) in [4.78, 5) is 14.0. The number of nitriles is 1. The first-order valence-corrected chi connectivity index (χ1v) is 13.9. The quantitative estimate of drug-likeness (QED) is 0.244. The molecule has 0 saturated heterocycles. The van der Waals surface area contributed by atoms with E-state index in [4.69, 9.17) is 4.74 Å². The molecule has 3 aromatic rings. The van der Waals surface area contributed by atoms with E-state index in [0.717, 1.165) is 35.0 Å². The molecule has 2 unspecified atom stereocenters. The molecule has 2 aromatic heterocycles. The summed E-state index contributed by atoms with van der Waals surface area (Å²) in [7, 11) is 0. The normalized spacial score (nSPS) is 15.7. The van der Waals surface area contributed by atoms with E-state index >= 15 is 0 Å². The molecular weight excluding hydrogens is 546 g/mol. The van der Waals surface area contributed by atoms with Gasteiger partial charge in [0.05, 0.1) is 11.3 Å². The zero-order valence-corrected chi connectivity index (χ0v) is 22.8. The van der Waals surface area contributed by atoms with Crippen LogP contribution in [0.4, 0.5) is 5.00 Å². The maximum atomic E-state index is 12.8. The van der Waals surface area contributed by atoms with Crippen LogP contribution in [-0.4, -0.2) is 26.4 Å². The van der Waals surface area contributed by atoms with Gasteiger partial charge in [0.1, 0.15) is 16.8 Å². The molecule has 182 valence electrons. The van der Waals surface area contributed by atoms with Crippen molar-refractivity contribution in [2.24, 2.45) is 5.92 Å². The number of carbonyl (C=O) groups excluding carboxylic acids is 1. The van der Waals surface area contributed by atoms with Gasteiger partial charge in [-0.05, 0) is 61.9 Å². The summed E-state index contributed by atoms with van der Waals surface area (Å²) >= 11 is 6.25. The van der Waals surface area contributed by atoms with Crippen LogP contribution in [-0.2, 0) is 24.2 Å². The first kappa shape index (κ1) is 25.5. The SMILES string of the molecule is C=CCn1c(SCC(=O)Nc2sc3c(c2C#N)CCC(C)C3)nnc1C(C)Oc1ccc(Br)cc1. The van der Waals surface area contributed by atoms with Crippen molar-refractivity contribution in [1.29, 1.82) is 5.26 Å². The Labute approximate surface area is 221 Å². The summed E-state index contributed by atoms with van der Waals surface area (Å²) in [6.45, 7) is 8.47. The number of hydrogen-bond acceptors (Lipinski definition) is 7. The fourth-order valence-corrected chi connectivity index (χ4v) is 6.42. The number of aromatic nitrogens is 3. The molecule has 0 fully saturated rings. The molecule has 35 heavy (non-hydrogen) atoms. The molecule has 1 amide bonds. The number of thioether (sulfide) groups is 1. The number of allylic oxidation sites excluding steroid dienone is 1. The monoisotopic (exact) mass is 571 g/mol. The number of amides is 1. The number of thiophene rings is 1. The molecule has 10 heteroatoms. The van der Waals surface area contributed by atoms with Crippen LogP contribution in [0.25, 0.3) is 0 Å². The molecule has 1 N–H and O–H groups in total. The summed E-state index contributed by atoms with van der Waals surface area (Å²) in [5.41, 5.74) is 1.72. The second-order valence-corrected chi connectivity index (χ2v) is 11.4. The van der Waals surface area contributed by atoms with E-state index in [1.165, 1.54) is 28.0 Å². The van der Waals surface area contributed by atoms with E-state index in [1.54, 1.807) is 6.08 Å². The van der Waals surface area contributed by atoms with Crippen LogP contribution in [0.1, 0.15) is 48.2 Å². The molecule has 7 nitrogen and oxygen atoms in total. The molecule has 2 atom stereocenters. The van der Waals surface area contributed by atoms with Gasteiger partial charge in [-0.3, -0.25) is 9.36 Å². The molecule has 1 aliphatic carbocycles. The summed E-state index contributed by atoms with van der Waals surface area (Å²) in [5, 5.41) is 22.5. The van der Waals surface area contributed by atoms with E-state index in [-0.39, 0.29) is 17.8 Å². The topological polar surface area (TPSA) is 92.8 Å². The van der Waals surface area contributed by atoms with Gasteiger partial charge in [0, 0.05) is 15.9 Å². The Bertz CT molecular complexity index is 1260. The lowest BCUT2D eigenvalue weighted by Crippen LogP contribution is -2.15. The van der Waals surface area contributed by atoms with Crippen LogP contribution in [0, 0.1) is 17.2 Å². The van der Waals surface area contributed by atoms with Crippen molar-refractivity contribution < 1.29 is 9.53 Å². The molecule has 0 radical (unpaired) electrons. The number of rotatable bonds is 9. The molecule has 2 heterocycles. The van der Waals surface area contributed by atoms with E-state index in [1.807, 2.05) is 35.8 Å². The Morgan fingerprint density at radius 3 is 2.94 bits per heavy atom. The molecule has 1 aliphatic rings. The largest absolute Gasteiger partial charge is 0.483 e. The van der Waals surface area contributed by atoms with Crippen LogP contribution in [0.2, 0.25) is 0 Å². The van der Waals surface area contributed by atoms with Crippen molar-refractivity contribution in [3.63, 3.8) is 0 Å². The van der Waals surface area contributed by atoms with Gasteiger partial charge in [-0.15, -0.1) is 28.1 Å². The number of benzene rings is 1. The second-order valence-electron chi connectivity index (χ2n) is 8.46. The Morgan fingerprint density at radius 1 is 1.46 bits per heavy atom. The van der Waals surface area contributed by atoms with Gasteiger partial charge in [0.2, 0.25) is 5.91 Å². The second kappa shape index (κ2) is 11.4. The molecule has 0 spiro atoms. The summed E-state index contributed by atoms with van der Waals surface area (Å²) in [6, 6.07) is 9.89. The van der Waals surface area contributed by atoms with Crippen molar-refractivity contribution in [1.82, 2.24) is 14.8 Å². The van der Waals surface area contributed by atoms with Gasteiger partial charge in [-0.1, -0.05) is 40.7 Å². The lowest BCUT2D eigenvalue weighted by atomic mass is 9.89. The van der Waals surface area contributed by atoms with Crippen molar-refractivity contribution in [2.45, 2.75) is 50.9 Å². The fraction of sp³-hybridized carbons (Fsp3) is 0.360. The van der Waals surface area contributed by atoms with Crippen LogP contribution in [0.5, 0.6) is 5.75 Å². The van der Waals surface area contributed by atoms with Crippen molar-refractivity contribution in [3.8, 4) is 11.8 Å². The Morgan fingerprint density at radius 2 is 2.23 bits per heavy atom. The Hall–Kier alpha value is -2.61. The predicted octanol–water partition coefficient (Wildman–Crippen LogP) is 6.16. The van der Waals surface area contributed by atoms with Gasteiger partial charge in [-0.2, -0.15) is 5.26 Å². The summed E-state index contributed by atoms with van der Waals surface area (Å²) < 4.78 is 8.92. The van der Waals surface area contributed by atoms with Gasteiger partial charge in [0.15, 0.2) is 17.1 Å². The first-order valence-electron chi connectivity index (χ1n) is 11.3. The number of halogens is 1. The van der Waals surface area contributed by atoms with Gasteiger partial charge in [0.25, 0.3) is 0 Å². The third-order valence-corrected chi connectivity index (χ3v) is 8.42. The zero-order valence-electron chi connectivity index (χ0n) is 19.6. The van der Waals surface area contributed by atoms with Crippen LogP contribution in [0.15, 0.2) is 46.5 Å². The maximum absolute atomic E-state index is 12.8. The standard InChI is InChI=1S/C25H26BrN5O2S2/c1-4-11-31-23(16(3)33-18-8-6-17(26)7-9-18)29-30-25(31)34-14-22(32)28-24-20(13-27)19-10-5-15(2)12-21(19)35-24/h4,6-9,15-16H,1,5,10-12,14H2,2-3H3,(H,28,32). The third kappa shape index (κ3) is 5.97. The van der Waals surface area contributed by atoms with Crippen molar-refractivity contribution in [3.05, 3.63) is 63.2 Å². The average molecular weight is 573 g/mol. The smallest absolute Gasteiger partial charge is 0.235 e. The third-order valence-electron chi connectivity index (χ3n) is 5.76. The van der Waals surface area contributed by atoms with Gasteiger partial charge in [-0.25, -0.2) is 0 Å². The van der Waals surface area contributed by atoms with Crippen molar-refractivity contribution in [2.75, 3.05) is 11.1 Å². The minimum absolute atomic E-state index is 0.154. The molecule has 0 aliphatic heterocycles. The molecule has 0 saturated carbocycles. The minimum atomic E-state index is -0.343. The molecular formula is C25H26BrN5O2S2. The highest BCUT2D eigenvalue weighted by Crippen LogP contribution is 2.39. The van der Waals surface area contributed by atoms with Crippen molar-refractivity contribution >= 4 is 49.9 Å². The van der Waals surface area contributed by atoms with E-state index in [9.17, 15) is 10.1 Å². The lowest BCUT2D eigenvalue weighted by molar-refractivity contribution is -0.113. The van der Waals surface area contributed by atoms with E-state index in [0.29, 0.717) is 34.0 Å².